The Bertz CT molecular complexity index is 443. The summed E-state index contributed by atoms with van der Waals surface area (Å²) in [5.74, 6) is 0.675. The normalized spacial score (nSPS) is 15.2. The Hall–Kier alpha value is -1.22. The number of nitrogens with zero attached hydrogens (tertiary/aromatic N) is 1. The average Bonchev–Trinajstić information content (AvgIpc) is 2.25. The van der Waals surface area contributed by atoms with Crippen molar-refractivity contribution in [3.63, 3.8) is 0 Å². The van der Waals surface area contributed by atoms with Crippen LogP contribution >= 0.6 is 11.6 Å². The third-order valence-electron chi connectivity index (χ3n) is 3.54. The second-order valence-electron chi connectivity index (χ2n) is 4.77. The van der Waals surface area contributed by atoms with Gasteiger partial charge in [0.25, 0.3) is 5.91 Å². The van der Waals surface area contributed by atoms with Crippen molar-refractivity contribution in [2.75, 3.05) is 12.4 Å². The molecule has 4 heteroatoms. The number of halogens is 1. The average molecular weight is 268 g/mol. The van der Waals surface area contributed by atoms with Gasteiger partial charge >= 0.3 is 0 Å². The summed E-state index contributed by atoms with van der Waals surface area (Å²) in [6, 6.07) is 5.20. The highest BCUT2D eigenvalue weighted by Crippen LogP contribution is 2.27. The van der Waals surface area contributed by atoms with Gasteiger partial charge in [-0.05, 0) is 49.9 Å². The second kappa shape index (κ2) is 5.61. The summed E-state index contributed by atoms with van der Waals surface area (Å²) in [6.45, 7) is 2.43. The molecule has 0 unspecified atom stereocenters. The fraction of sp³-hybridized carbons (Fsp3) is 0.500. The molecule has 1 saturated carbocycles. The standard InChI is InChI=1S/C14H18ClNO2/c1-10-9-12(17)5-6-13(10)14(18)16(8-7-15)11-3-2-4-11/h5-6,9,11,17H,2-4,7-8H2,1H3. The summed E-state index contributed by atoms with van der Waals surface area (Å²) in [4.78, 5) is 14.4. The number of amides is 1. The number of aromatic hydroxyl groups is 1. The number of hydrogen-bond donors (Lipinski definition) is 1. The van der Waals surface area contributed by atoms with Crippen LogP contribution in [0.25, 0.3) is 0 Å². The van der Waals surface area contributed by atoms with Gasteiger partial charge in [0, 0.05) is 24.0 Å². The fourth-order valence-corrected chi connectivity index (χ4v) is 2.46. The van der Waals surface area contributed by atoms with E-state index in [1.807, 2.05) is 11.8 Å². The van der Waals surface area contributed by atoms with Crippen LogP contribution in [0.4, 0.5) is 0 Å². The minimum Gasteiger partial charge on any atom is -0.508 e. The van der Waals surface area contributed by atoms with Gasteiger partial charge in [-0.2, -0.15) is 0 Å². The zero-order chi connectivity index (χ0) is 13.1. The summed E-state index contributed by atoms with van der Waals surface area (Å²) in [6.07, 6.45) is 3.32. The van der Waals surface area contributed by atoms with E-state index >= 15 is 0 Å². The van der Waals surface area contributed by atoms with Gasteiger partial charge < -0.3 is 10.0 Å². The molecule has 0 atom stereocenters. The Kier molecular flexibility index (Phi) is 4.12. The van der Waals surface area contributed by atoms with Crippen LogP contribution in [0.3, 0.4) is 0 Å². The van der Waals surface area contributed by atoms with Crippen molar-refractivity contribution >= 4 is 17.5 Å². The Labute approximate surface area is 112 Å². The van der Waals surface area contributed by atoms with Gasteiger partial charge in [-0.15, -0.1) is 11.6 Å². The van der Waals surface area contributed by atoms with Crippen LogP contribution in [-0.4, -0.2) is 34.4 Å². The molecule has 2 rings (SSSR count). The predicted molar refractivity (Wildman–Crippen MR) is 72.2 cm³/mol. The molecule has 0 radical (unpaired) electrons. The maximum atomic E-state index is 12.5. The molecule has 18 heavy (non-hydrogen) atoms. The van der Waals surface area contributed by atoms with Crippen LogP contribution in [0.2, 0.25) is 0 Å². The number of carbonyl (C=O) groups excluding carboxylic acids is 1. The van der Waals surface area contributed by atoms with Gasteiger partial charge in [0.2, 0.25) is 0 Å². The van der Waals surface area contributed by atoms with E-state index in [1.54, 1.807) is 18.2 Å². The number of benzene rings is 1. The summed E-state index contributed by atoms with van der Waals surface area (Å²) in [7, 11) is 0. The number of phenolic OH excluding ortho intramolecular Hbond substituents is 1. The van der Waals surface area contributed by atoms with E-state index in [0.29, 0.717) is 24.0 Å². The van der Waals surface area contributed by atoms with Crippen LogP contribution < -0.4 is 0 Å². The van der Waals surface area contributed by atoms with Crippen LogP contribution in [0.15, 0.2) is 18.2 Å². The number of phenols is 1. The molecule has 0 bridgehead atoms. The molecule has 1 aromatic carbocycles. The third kappa shape index (κ3) is 2.61. The zero-order valence-corrected chi connectivity index (χ0v) is 11.3. The Morgan fingerprint density at radius 1 is 1.50 bits per heavy atom. The van der Waals surface area contributed by atoms with Gasteiger partial charge in [0.1, 0.15) is 5.75 Å². The first-order valence-electron chi connectivity index (χ1n) is 6.30. The molecule has 1 aliphatic carbocycles. The van der Waals surface area contributed by atoms with Crippen molar-refractivity contribution in [3.05, 3.63) is 29.3 Å². The van der Waals surface area contributed by atoms with E-state index < -0.39 is 0 Å². The molecule has 0 saturated heterocycles. The third-order valence-corrected chi connectivity index (χ3v) is 3.71. The first-order chi connectivity index (χ1) is 8.63. The number of carbonyl (C=O) groups is 1. The Balaban J connectivity index is 2.21. The van der Waals surface area contributed by atoms with Crippen LogP contribution in [0, 0.1) is 6.92 Å². The lowest BCUT2D eigenvalue weighted by molar-refractivity contribution is 0.0597. The molecule has 1 fully saturated rings. The maximum absolute atomic E-state index is 12.5. The lowest BCUT2D eigenvalue weighted by Gasteiger charge is -2.37. The molecular weight excluding hydrogens is 250 g/mol. The van der Waals surface area contributed by atoms with Gasteiger partial charge in [-0.1, -0.05) is 0 Å². The van der Waals surface area contributed by atoms with E-state index in [1.165, 1.54) is 6.42 Å². The van der Waals surface area contributed by atoms with Gasteiger partial charge in [0.05, 0.1) is 0 Å². The van der Waals surface area contributed by atoms with Crippen molar-refractivity contribution < 1.29 is 9.90 Å². The maximum Gasteiger partial charge on any atom is 0.254 e. The monoisotopic (exact) mass is 267 g/mol. The van der Waals surface area contributed by atoms with Crippen LogP contribution in [0.1, 0.15) is 35.2 Å². The molecule has 0 aromatic heterocycles. The summed E-state index contributed by atoms with van der Waals surface area (Å²) >= 11 is 5.78. The minimum absolute atomic E-state index is 0.0258. The van der Waals surface area contributed by atoms with Crippen LogP contribution in [-0.2, 0) is 0 Å². The SMILES string of the molecule is Cc1cc(O)ccc1C(=O)N(CCCl)C1CCC1. The van der Waals surface area contributed by atoms with Crippen molar-refractivity contribution in [1.82, 2.24) is 4.90 Å². The number of rotatable bonds is 4. The highest BCUT2D eigenvalue weighted by atomic mass is 35.5. The molecule has 1 aromatic rings. The van der Waals surface area contributed by atoms with Gasteiger partial charge in [-0.3, -0.25) is 4.79 Å². The smallest absolute Gasteiger partial charge is 0.254 e. The fourth-order valence-electron chi connectivity index (χ4n) is 2.28. The molecule has 1 aliphatic rings. The van der Waals surface area contributed by atoms with E-state index in [4.69, 9.17) is 11.6 Å². The number of alkyl halides is 1. The van der Waals surface area contributed by atoms with E-state index in [9.17, 15) is 9.90 Å². The minimum atomic E-state index is 0.0258. The zero-order valence-electron chi connectivity index (χ0n) is 10.5. The Morgan fingerprint density at radius 3 is 2.72 bits per heavy atom. The predicted octanol–water partition coefficient (Wildman–Crippen LogP) is 2.93. The molecule has 1 amide bonds. The van der Waals surface area contributed by atoms with E-state index in [0.717, 1.165) is 18.4 Å². The summed E-state index contributed by atoms with van der Waals surface area (Å²) in [5.41, 5.74) is 1.46. The highest BCUT2D eigenvalue weighted by molar-refractivity contribution is 6.18. The molecular formula is C14H18ClNO2. The Morgan fingerprint density at radius 2 is 2.22 bits per heavy atom. The molecule has 0 heterocycles. The second-order valence-corrected chi connectivity index (χ2v) is 5.15. The number of aryl methyl sites for hydroxylation is 1. The summed E-state index contributed by atoms with van der Waals surface area (Å²) < 4.78 is 0. The lowest BCUT2D eigenvalue weighted by atomic mass is 9.90. The van der Waals surface area contributed by atoms with Gasteiger partial charge in [-0.25, -0.2) is 0 Å². The topological polar surface area (TPSA) is 40.5 Å². The molecule has 3 nitrogen and oxygen atoms in total. The highest BCUT2D eigenvalue weighted by Gasteiger charge is 2.29. The molecule has 1 N–H and O–H groups in total. The van der Waals surface area contributed by atoms with Crippen molar-refractivity contribution in [3.8, 4) is 5.75 Å². The number of hydrogen-bond acceptors (Lipinski definition) is 2. The summed E-state index contributed by atoms with van der Waals surface area (Å²) in [5, 5.41) is 9.38. The molecule has 0 aliphatic heterocycles. The molecule has 0 spiro atoms. The van der Waals surface area contributed by atoms with Gasteiger partial charge in [0.15, 0.2) is 0 Å². The van der Waals surface area contributed by atoms with Crippen molar-refractivity contribution in [1.29, 1.82) is 0 Å². The van der Waals surface area contributed by atoms with E-state index in [-0.39, 0.29) is 11.7 Å². The molecule has 98 valence electrons. The first kappa shape index (κ1) is 13.2. The first-order valence-corrected chi connectivity index (χ1v) is 6.83. The van der Waals surface area contributed by atoms with Crippen molar-refractivity contribution in [2.24, 2.45) is 0 Å². The largest absolute Gasteiger partial charge is 0.508 e. The quantitative estimate of drug-likeness (QED) is 0.852. The van der Waals surface area contributed by atoms with E-state index in [2.05, 4.69) is 0 Å². The lowest BCUT2D eigenvalue weighted by Crippen LogP contribution is -2.45. The van der Waals surface area contributed by atoms with Crippen LogP contribution in [0.5, 0.6) is 5.75 Å². The van der Waals surface area contributed by atoms with Crippen molar-refractivity contribution in [2.45, 2.75) is 32.2 Å².